The fraction of sp³-hybridized carbons (Fsp3) is 0.500. The van der Waals surface area contributed by atoms with Crippen LogP contribution in [-0.4, -0.2) is 35.4 Å². The van der Waals surface area contributed by atoms with Gasteiger partial charge in [-0.15, -0.1) is 0 Å². The van der Waals surface area contributed by atoms with E-state index >= 15 is 0 Å². The third-order valence-corrected chi connectivity index (χ3v) is 2.93. The first-order valence-electron chi connectivity index (χ1n) is 5.57. The van der Waals surface area contributed by atoms with Gasteiger partial charge in [0.25, 0.3) is 0 Å². The van der Waals surface area contributed by atoms with Gasteiger partial charge in [0.05, 0.1) is 11.7 Å². The summed E-state index contributed by atoms with van der Waals surface area (Å²) in [5, 5.41) is 3.24. The zero-order valence-corrected chi connectivity index (χ0v) is 9.73. The SMILES string of the molecule is Cc1ccc(CNC2CCN(C)C2=O)nc1. The highest BCUT2D eigenvalue weighted by Crippen LogP contribution is 2.09. The van der Waals surface area contributed by atoms with Crippen LogP contribution in [0.1, 0.15) is 17.7 Å². The Bertz CT molecular complexity index is 374. The summed E-state index contributed by atoms with van der Waals surface area (Å²) in [5.74, 6) is 0.187. The molecule has 1 aromatic heterocycles. The lowest BCUT2D eigenvalue weighted by atomic mass is 10.2. The molecule has 1 aromatic rings. The number of carbonyl (C=O) groups is 1. The molecule has 2 rings (SSSR count). The van der Waals surface area contributed by atoms with Crippen LogP contribution in [0.3, 0.4) is 0 Å². The van der Waals surface area contributed by atoms with Crippen LogP contribution in [-0.2, 0) is 11.3 Å². The molecule has 1 N–H and O–H groups in total. The lowest BCUT2D eigenvalue weighted by molar-refractivity contribution is -0.128. The molecule has 0 radical (unpaired) electrons. The average Bonchev–Trinajstić information content (AvgIpc) is 2.60. The molecular formula is C12H17N3O. The number of amides is 1. The van der Waals surface area contributed by atoms with Gasteiger partial charge in [-0.05, 0) is 25.0 Å². The molecule has 1 aliphatic rings. The van der Waals surface area contributed by atoms with E-state index in [0.717, 1.165) is 24.2 Å². The number of likely N-dealkylation sites (N-methyl/N-ethyl adjacent to an activating group) is 1. The van der Waals surface area contributed by atoms with Gasteiger partial charge in [-0.3, -0.25) is 9.78 Å². The average molecular weight is 219 g/mol. The maximum atomic E-state index is 11.6. The molecule has 1 fully saturated rings. The van der Waals surface area contributed by atoms with Crippen LogP contribution >= 0.6 is 0 Å². The van der Waals surface area contributed by atoms with E-state index in [9.17, 15) is 4.79 Å². The van der Waals surface area contributed by atoms with Gasteiger partial charge in [0.15, 0.2) is 0 Å². The Morgan fingerprint density at radius 1 is 1.56 bits per heavy atom. The number of nitrogens with zero attached hydrogens (tertiary/aromatic N) is 2. The zero-order chi connectivity index (χ0) is 11.5. The summed E-state index contributed by atoms with van der Waals surface area (Å²) in [5.41, 5.74) is 2.13. The Hall–Kier alpha value is -1.42. The van der Waals surface area contributed by atoms with Gasteiger partial charge in [0.2, 0.25) is 5.91 Å². The number of pyridine rings is 1. The van der Waals surface area contributed by atoms with E-state index in [1.54, 1.807) is 4.90 Å². The number of aryl methyl sites for hydroxylation is 1. The fourth-order valence-electron chi connectivity index (χ4n) is 1.84. The number of nitrogens with one attached hydrogen (secondary N) is 1. The van der Waals surface area contributed by atoms with Crippen LogP contribution in [0.15, 0.2) is 18.3 Å². The molecule has 86 valence electrons. The summed E-state index contributed by atoms with van der Waals surface area (Å²) in [6.45, 7) is 3.52. The molecule has 1 atom stereocenters. The second-order valence-corrected chi connectivity index (χ2v) is 4.31. The Labute approximate surface area is 95.7 Å². The van der Waals surface area contributed by atoms with Crippen LogP contribution < -0.4 is 5.32 Å². The van der Waals surface area contributed by atoms with Crippen molar-refractivity contribution < 1.29 is 4.79 Å². The summed E-state index contributed by atoms with van der Waals surface area (Å²) in [6, 6.07) is 3.99. The molecule has 1 aliphatic heterocycles. The van der Waals surface area contributed by atoms with Crippen LogP contribution in [0.2, 0.25) is 0 Å². The third-order valence-electron chi connectivity index (χ3n) is 2.93. The van der Waals surface area contributed by atoms with Gasteiger partial charge in [0.1, 0.15) is 0 Å². The van der Waals surface area contributed by atoms with E-state index in [2.05, 4.69) is 10.3 Å². The Balaban J connectivity index is 1.88. The molecule has 0 aromatic carbocycles. The van der Waals surface area contributed by atoms with Crippen molar-refractivity contribution in [1.29, 1.82) is 0 Å². The van der Waals surface area contributed by atoms with Crippen molar-refractivity contribution in [3.8, 4) is 0 Å². The van der Waals surface area contributed by atoms with E-state index in [1.165, 1.54) is 0 Å². The fourth-order valence-corrected chi connectivity index (χ4v) is 1.84. The number of aromatic nitrogens is 1. The van der Waals surface area contributed by atoms with Crippen LogP contribution in [0, 0.1) is 6.92 Å². The third kappa shape index (κ3) is 2.39. The number of hydrogen-bond acceptors (Lipinski definition) is 3. The first-order valence-corrected chi connectivity index (χ1v) is 5.57. The minimum absolute atomic E-state index is 0.0342. The van der Waals surface area contributed by atoms with Gasteiger partial charge >= 0.3 is 0 Å². The maximum Gasteiger partial charge on any atom is 0.239 e. The Morgan fingerprint density at radius 3 is 2.94 bits per heavy atom. The predicted molar refractivity (Wildman–Crippen MR) is 61.9 cm³/mol. The van der Waals surface area contributed by atoms with E-state index in [0.29, 0.717) is 6.54 Å². The van der Waals surface area contributed by atoms with Crippen molar-refractivity contribution in [3.63, 3.8) is 0 Å². The zero-order valence-electron chi connectivity index (χ0n) is 9.73. The van der Waals surface area contributed by atoms with Gasteiger partial charge < -0.3 is 10.2 Å². The van der Waals surface area contributed by atoms with Crippen molar-refractivity contribution in [3.05, 3.63) is 29.6 Å². The molecule has 0 bridgehead atoms. The summed E-state index contributed by atoms with van der Waals surface area (Å²) in [6.07, 6.45) is 2.74. The van der Waals surface area contributed by atoms with E-state index in [1.807, 2.05) is 32.3 Å². The molecule has 4 heteroatoms. The quantitative estimate of drug-likeness (QED) is 0.814. The normalized spacial score (nSPS) is 20.5. The molecule has 2 heterocycles. The van der Waals surface area contributed by atoms with Crippen LogP contribution in [0.25, 0.3) is 0 Å². The van der Waals surface area contributed by atoms with Gasteiger partial charge in [-0.2, -0.15) is 0 Å². The largest absolute Gasteiger partial charge is 0.344 e. The van der Waals surface area contributed by atoms with Crippen LogP contribution in [0.4, 0.5) is 0 Å². The maximum absolute atomic E-state index is 11.6. The standard InChI is InChI=1S/C12H17N3O/c1-9-3-4-10(13-7-9)8-14-11-5-6-15(2)12(11)16/h3-4,7,11,14H,5-6,8H2,1-2H3. The second kappa shape index (κ2) is 4.61. The molecule has 1 unspecified atom stereocenters. The molecule has 16 heavy (non-hydrogen) atoms. The Morgan fingerprint density at radius 2 is 2.38 bits per heavy atom. The number of rotatable bonds is 3. The second-order valence-electron chi connectivity index (χ2n) is 4.31. The first kappa shape index (κ1) is 11.1. The molecule has 0 saturated carbocycles. The number of likely N-dealkylation sites (tertiary alicyclic amines) is 1. The van der Waals surface area contributed by atoms with Crippen molar-refractivity contribution in [1.82, 2.24) is 15.2 Å². The Kier molecular flexibility index (Phi) is 3.19. The first-order chi connectivity index (χ1) is 7.66. The van der Waals surface area contributed by atoms with E-state index in [-0.39, 0.29) is 11.9 Å². The molecule has 1 amide bonds. The van der Waals surface area contributed by atoms with Crippen LogP contribution in [0.5, 0.6) is 0 Å². The smallest absolute Gasteiger partial charge is 0.239 e. The monoisotopic (exact) mass is 219 g/mol. The summed E-state index contributed by atoms with van der Waals surface area (Å²) < 4.78 is 0. The highest BCUT2D eigenvalue weighted by atomic mass is 16.2. The van der Waals surface area contributed by atoms with Gasteiger partial charge in [-0.25, -0.2) is 0 Å². The molecule has 1 saturated heterocycles. The molecule has 4 nitrogen and oxygen atoms in total. The number of carbonyl (C=O) groups excluding carboxylic acids is 1. The summed E-state index contributed by atoms with van der Waals surface area (Å²) in [7, 11) is 1.84. The highest BCUT2D eigenvalue weighted by molar-refractivity contribution is 5.83. The lowest BCUT2D eigenvalue weighted by Crippen LogP contribution is -2.36. The number of hydrogen-bond donors (Lipinski definition) is 1. The molecular weight excluding hydrogens is 202 g/mol. The molecule has 0 spiro atoms. The van der Waals surface area contributed by atoms with Crippen molar-refractivity contribution in [2.24, 2.45) is 0 Å². The van der Waals surface area contributed by atoms with Crippen molar-refractivity contribution in [2.75, 3.05) is 13.6 Å². The highest BCUT2D eigenvalue weighted by Gasteiger charge is 2.28. The molecule has 0 aliphatic carbocycles. The summed E-state index contributed by atoms with van der Waals surface area (Å²) in [4.78, 5) is 17.7. The summed E-state index contributed by atoms with van der Waals surface area (Å²) >= 11 is 0. The minimum Gasteiger partial charge on any atom is -0.344 e. The van der Waals surface area contributed by atoms with E-state index in [4.69, 9.17) is 0 Å². The minimum atomic E-state index is -0.0342. The van der Waals surface area contributed by atoms with Crippen molar-refractivity contribution >= 4 is 5.91 Å². The lowest BCUT2D eigenvalue weighted by Gasteiger charge is -2.11. The van der Waals surface area contributed by atoms with E-state index < -0.39 is 0 Å². The predicted octanol–water partition coefficient (Wildman–Crippen LogP) is 0.710. The van der Waals surface area contributed by atoms with Gasteiger partial charge in [-0.1, -0.05) is 6.07 Å². The topological polar surface area (TPSA) is 45.2 Å². The van der Waals surface area contributed by atoms with Crippen molar-refractivity contribution in [2.45, 2.75) is 25.9 Å². The van der Waals surface area contributed by atoms with Gasteiger partial charge in [0, 0.05) is 26.3 Å².